The smallest absolute Gasteiger partial charge is 0.231 e. The van der Waals surface area contributed by atoms with Crippen LogP contribution >= 0.6 is 23.2 Å². The Balaban J connectivity index is 1.38. The van der Waals surface area contributed by atoms with E-state index in [0.717, 1.165) is 51.3 Å². The Kier molecular flexibility index (Phi) is 7.55. The molecular formula is C25H31Cl2N3O. The highest BCUT2D eigenvalue weighted by Crippen LogP contribution is 2.29. The third-order valence-corrected chi connectivity index (χ3v) is 7.25. The van der Waals surface area contributed by atoms with E-state index in [1.165, 1.54) is 24.0 Å². The summed E-state index contributed by atoms with van der Waals surface area (Å²) >= 11 is 12.2. The number of rotatable bonds is 6. The fraction of sp³-hybridized carbons (Fsp3) is 0.480. The Hall–Kier alpha value is -1.59. The number of carbonyl (C=O) groups excluding carboxylic acids is 1. The summed E-state index contributed by atoms with van der Waals surface area (Å²) in [6, 6.07) is 14.2. The Morgan fingerprint density at radius 3 is 2.23 bits per heavy atom. The molecule has 0 spiro atoms. The fourth-order valence-electron chi connectivity index (χ4n) is 4.58. The fourth-order valence-corrected chi connectivity index (χ4v) is 4.90. The molecule has 1 amide bonds. The highest BCUT2D eigenvalue weighted by Gasteiger charge is 2.30. The van der Waals surface area contributed by atoms with Crippen LogP contribution in [0.25, 0.3) is 0 Å². The zero-order valence-corrected chi connectivity index (χ0v) is 19.7. The molecule has 0 aromatic heterocycles. The van der Waals surface area contributed by atoms with Gasteiger partial charge in [0, 0.05) is 44.3 Å². The first kappa shape index (κ1) is 22.6. The minimum atomic E-state index is 0.178. The second-order valence-electron chi connectivity index (χ2n) is 8.87. The number of piperazine rings is 1. The summed E-state index contributed by atoms with van der Waals surface area (Å²) in [5, 5.41) is 1.20. The molecule has 6 heteroatoms. The van der Waals surface area contributed by atoms with E-state index in [1.807, 2.05) is 23.1 Å². The molecule has 0 radical (unpaired) electrons. The van der Waals surface area contributed by atoms with E-state index in [2.05, 4.69) is 41.0 Å². The number of carbonyl (C=O) groups is 1. The van der Waals surface area contributed by atoms with Crippen LogP contribution in [0.3, 0.4) is 0 Å². The molecule has 0 N–H and O–H groups in total. The Bertz CT molecular complexity index is 888. The van der Waals surface area contributed by atoms with E-state index in [4.69, 9.17) is 23.2 Å². The van der Waals surface area contributed by atoms with Crippen molar-refractivity contribution < 1.29 is 4.79 Å². The van der Waals surface area contributed by atoms with Gasteiger partial charge in [-0.15, -0.1) is 0 Å². The van der Waals surface area contributed by atoms with Crippen molar-refractivity contribution in [2.24, 2.45) is 5.92 Å². The number of benzene rings is 2. The van der Waals surface area contributed by atoms with Crippen molar-refractivity contribution in [1.82, 2.24) is 9.80 Å². The van der Waals surface area contributed by atoms with E-state index in [1.54, 1.807) is 0 Å². The molecule has 1 aliphatic heterocycles. The number of halogens is 2. The van der Waals surface area contributed by atoms with Crippen molar-refractivity contribution in [3.05, 3.63) is 63.6 Å². The minimum absolute atomic E-state index is 0.178. The third-order valence-electron chi connectivity index (χ3n) is 6.51. The first-order chi connectivity index (χ1) is 15.0. The second kappa shape index (κ2) is 10.4. The third kappa shape index (κ3) is 5.81. The Morgan fingerprint density at radius 1 is 0.935 bits per heavy atom. The Labute approximate surface area is 195 Å². The molecule has 2 aliphatic rings. The van der Waals surface area contributed by atoms with Crippen molar-refractivity contribution in [3.63, 3.8) is 0 Å². The molecule has 166 valence electrons. The monoisotopic (exact) mass is 459 g/mol. The van der Waals surface area contributed by atoms with Gasteiger partial charge in [-0.3, -0.25) is 19.5 Å². The van der Waals surface area contributed by atoms with Crippen LogP contribution in [0.4, 0.5) is 5.69 Å². The first-order valence-corrected chi connectivity index (χ1v) is 12.0. The molecule has 1 heterocycles. The van der Waals surface area contributed by atoms with Gasteiger partial charge >= 0.3 is 0 Å². The van der Waals surface area contributed by atoms with Gasteiger partial charge in [0.15, 0.2) is 0 Å². The van der Waals surface area contributed by atoms with Crippen LogP contribution in [0.1, 0.15) is 36.8 Å². The van der Waals surface area contributed by atoms with Crippen molar-refractivity contribution in [2.75, 3.05) is 37.7 Å². The van der Waals surface area contributed by atoms with Crippen molar-refractivity contribution >= 4 is 34.8 Å². The SMILES string of the molecule is Cc1ccc(N(CN2CCN(Cc3ccc(Cl)c(Cl)c3)CC2)C(=O)C2CCCC2)cc1. The van der Waals surface area contributed by atoms with E-state index >= 15 is 0 Å². The standard InChI is InChI=1S/C25H31Cl2N3O/c1-19-6-9-22(10-7-19)30(25(31)21-4-2-3-5-21)18-29-14-12-28(13-15-29)17-20-8-11-23(26)24(27)16-20/h6-11,16,21H,2-5,12-15,17-18H2,1H3. The average Bonchev–Trinajstić information content (AvgIpc) is 3.31. The van der Waals surface area contributed by atoms with Crippen LogP contribution in [0.15, 0.2) is 42.5 Å². The molecule has 0 atom stereocenters. The lowest BCUT2D eigenvalue weighted by molar-refractivity contribution is -0.122. The molecule has 31 heavy (non-hydrogen) atoms. The molecule has 2 fully saturated rings. The number of hydrogen-bond acceptors (Lipinski definition) is 3. The highest BCUT2D eigenvalue weighted by molar-refractivity contribution is 6.42. The van der Waals surface area contributed by atoms with Crippen LogP contribution in [-0.2, 0) is 11.3 Å². The highest BCUT2D eigenvalue weighted by atomic mass is 35.5. The van der Waals surface area contributed by atoms with E-state index < -0.39 is 0 Å². The molecule has 4 nitrogen and oxygen atoms in total. The lowest BCUT2D eigenvalue weighted by Gasteiger charge is -2.38. The van der Waals surface area contributed by atoms with E-state index in [0.29, 0.717) is 22.6 Å². The average molecular weight is 460 g/mol. The topological polar surface area (TPSA) is 26.8 Å². The van der Waals surface area contributed by atoms with Gasteiger partial charge in [-0.1, -0.05) is 59.8 Å². The number of amides is 1. The van der Waals surface area contributed by atoms with Gasteiger partial charge in [-0.25, -0.2) is 0 Å². The van der Waals surface area contributed by atoms with Crippen molar-refractivity contribution in [1.29, 1.82) is 0 Å². The number of anilines is 1. The summed E-state index contributed by atoms with van der Waals surface area (Å²) in [4.78, 5) is 20.2. The van der Waals surface area contributed by atoms with Gasteiger partial charge in [0.2, 0.25) is 5.91 Å². The van der Waals surface area contributed by atoms with Gasteiger partial charge in [0.05, 0.1) is 16.7 Å². The molecule has 1 saturated carbocycles. The minimum Gasteiger partial charge on any atom is -0.299 e. The van der Waals surface area contributed by atoms with E-state index in [-0.39, 0.29) is 5.92 Å². The molecule has 1 saturated heterocycles. The zero-order valence-electron chi connectivity index (χ0n) is 18.2. The maximum Gasteiger partial charge on any atom is 0.231 e. The van der Waals surface area contributed by atoms with Crippen LogP contribution < -0.4 is 4.90 Å². The molecular weight excluding hydrogens is 429 g/mol. The molecule has 0 unspecified atom stereocenters. The van der Waals surface area contributed by atoms with Crippen LogP contribution in [0.5, 0.6) is 0 Å². The van der Waals surface area contributed by atoms with Gasteiger partial charge in [-0.2, -0.15) is 0 Å². The van der Waals surface area contributed by atoms with E-state index in [9.17, 15) is 4.79 Å². The summed E-state index contributed by atoms with van der Waals surface area (Å²) in [6.45, 7) is 7.45. The molecule has 2 aromatic rings. The summed E-state index contributed by atoms with van der Waals surface area (Å²) in [7, 11) is 0. The number of hydrogen-bond donors (Lipinski definition) is 0. The number of nitrogens with zero attached hydrogens (tertiary/aromatic N) is 3. The molecule has 2 aromatic carbocycles. The largest absolute Gasteiger partial charge is 0.299 e. The zero-order chi connectivity index (χ0) is 21.8. The summed E-state index contributed by atoms with van der Waals surface area (Å²) < 4.78 is 0. The summed E-state index contributed by atoms with van der Waals surface area (Å²) in [5.74, 6) is 0.469. The van der Waals surface area contributed by atoms with Crippen LogP contribution in [0.2, 0.25) is 10.0 Å². The van der Waals surface area contributed by atoms with Gasteiger partial charge < -0.3 is 0 Å². The Morgan fingerprint density at radius 2 is 1.58 bits per heavy atom. The lowest BCUT2D eigenvalue weighted by atomic mass is 10.1. The molecule has 4 rings (SSSR count). The molecule has 1 aliphatic carbocycles. The van der Waals surface area contributed by atoms with Crippen LogP contribution in [0, 0.1) is 12.8 Å². The summed E-state index contributed by atoms with van der Waals surface area (Å²) in [5.41, 5.74) is 3.41. The predicted octanol–water partition coefficient (Wildman–Crippen LogP) is 5.60. The first-order valence-electron chi connectivity index (χ1n) is 11.3. The van der Waals surface area contributed by atoms with Crippen LogP contribution in [-0.4, -0.2) is 48.6 Å². The maximum atomic E-state index is 13.3. The predicted molar refractivity (Wildman–Crippen MR) is 129 cm³/mol. The molecule has 0 bridgehead atoms. The maximum absolute atomic E-state index is 13.3. The lowest BCUT2D eigenvalue weighted by Crippen LogP contribution is -2.51. The second-order valence-corrected chi connectivity index (χ2v) is 9.68. The van der Waals surface area contributed by atoms with Gasteiger partial charge in [0.25, 0.3) is 0 Å². The summed E-state index contributed by atoms with van der Waals surface area (Å²) in [6.07, 6.45) is 4.40. The number of aryl methyl sites for hydroxylation is 1. The van der Waals surface area contributed by atoms with Crippen molar-refractivity contribution in [3.8, 4) is 0 Å². The van der Waals surface area contributed by atoms with Gasteiger partial charge in [-0.05, 0) is 49.6 Å². The van der Waals surface area contributed by atoms with Crippen molar-refractivity contribution in [2.45, 2.75) is 39.2 Å². The normalized spacial score (nSPS) is 18.4. The van der Waals surface area contributed by atoms with Gasteiger partial charge in [0.1, 0.15) is 0 Å². The quantitative estimate of drug-likeness (QED) is 0.562.